The smallest absolute Gasteiger partial charge is 0.463 e. The number of ether oxygens (including phenoxy) is 1. The summed E-state index contributed by atoms with van der Waals surface area (Å²) in [5.41, 5.74) is 0. The number of halogens is 5. The summed E-state index contributed by atoms with van der Waals surface area (Å²) in [6.45, 7) is 2.07. The Bertz CT molecular complexity index is 418. The summed E-state index contributed by atoms with van der Waals surface area (Å²) >= 11 is 1.26. The maximum Gasteiger partial charge on any atom is 0.463 e. The number of rotatable bonds is 12. The summed E-state index contributed by atoms with van der Waals surface area (Å²) < 4.78 is 67.5. The number of esters is 1. The van der Waals surface area contributed by atoms with Crippen molar-refractivity contribution in [3.8, 4) is 0 Å². The fourth-order valence-corrected chi connectivity index (χ4v) is 2.31. The Kier molecular flexibility index (Phi) is 11.0. The predicted octanol–water partition coefficient (Wildman–Crippen LogP) is 3.94. The van der Waals surface area contributed by atoms with Crippen LogP contribution in [0, 0.1) is 0 Å². The zero-order valence-electron chi connectivity index (χ0n) is 14.3. The molecule has 0 saturated heterocycles. The highest BCUT2D eigenvalue weighted by atomic mass is 32.2. The minimum Gasteiger partial charge on any atom is -0.464 e. The van der Waals surface area contributed by atoms with E-state index in [0.717, 1.165) is 25.7 Å². The SMILES string of the molecule is CCCCCCCOC(=O)C(CCSC)NC(=O)C(F)(F)C(F)(F)F. The predicted molar refractivity (Wildman–Crippen MR) is 85.6 cm³/mol. The number of hydrogen-bond donors (Lipinski definition) is 1. The molecular formula is C15H24F5NO3S. The van der Waals surface area contributed by atoms with Gasteiger partial charge in [-0.2, -0.15) is 33.7 Å². The van der Waals surface area contributed by atoms with Gasteiger partial charge in [0.05, 0.1) is 6.61 Å². The Morgan fingerprint density at radius 2 is 1.68 bits per heavy atom. The van der Waals surface area contributed by atoms with Gasteiger partial charge in [-0.05, 0) is 24.9 Å². The Morgan fingerprint density at radius 3 is 2.20 bits per heavy atom. The lowest BCUT2D eigenvalue weighted by Crippen LogP contribution is -2.55. The monoisotopic (exact) mass is 393 g/mol. The first-order valence-corrected chi connectivity index (χ1v) is 9.38. The van der Waals surface area contributed by atoms with E-state index in [9.17, 15) is 31.5 Å². The van der Waals surface area contributed by atoms with Crippen LogP contribution < -0.4 is 5.32 Å². The molecular weight excluding hydrogens is 369 g/mol. The van der Waals surface area contributed by atoms with Gasteiger partial charge in [0.15, 0.2) is 0 Å². The first-order valence-electron chi connectivity index (χ1n) is 7.99. The molecule has 0 radical (unpaired) electrons. The Balaban J connectivity index is 4.62. The molecule has 0 aromatic rings. The average molecular weight is 393 g/mol. The highest BCUT2D eigenvalue weighted by molar-refractivity contribution is 7.98. The highest BCUT2D eigenvalue weighted by Gasteiger charge is 2.63. The molecule has 1 N–H and O–H groups in total. The average Bonchev–Trinajstić information content (AvgIpc) is 2.53. The van der Waals surface area contributed by atoms with Gasteiger partial charge in [0, 0.05) is 0 Å². The second-order valence-corrected chi connectivity index (χ2v) is 6.45. The van der Waals surface area contributed by atoms with E-state index in [-0.39, 0.29) is 18.8 Å². The summed E-state index contributed by atoms with van der Waals surface area (Å²) in [6, 6.07) is -1.54. The molecule has 0 aliphatic rings. The summed E-state index contributed by atoms with van der Waals surface area (Å²) in [7, 11) is 0. The van der Waals surface area contributed by atoms with Crippen molar-refractivity contribution in [2.24, 2.45) is 0 Å². The van der Waals surface area contributed by atoms with Crippen LogP contribution in [-0.4, -0.2) is 48.6 Å². The number of unbranched alkanes of at least 4 members (excludes halogenated alkanes) is 4. The first kappa shape index (κ1) is 23.9. The molecule has 0 aromatic heterocycles. The van der Waals surface area contributed by atoms with Crippen LogP contribution in [0.4, 0.5) is 22.0 Å². The molecule has 0 spiro atoms. The van der Waals surface area contributed by atoms with Gasteiger partial charge in [-0.1, -0.05) is 32.6 Å². The van der Waals surface area contributed by atoms with Crippen LogP contribution >= 0.6 is 11.8 Å². The second-order valence-electron chi connectivity index (χ2n) is 5.46. The zero-order valence-corrected chi connectivity index (χ0v) is 15.1. The highest BCUT2D eigenvalue weighted by Crippen LogP contribution is 2.35. The van der Waals surface area contributed by atoms with Crippen molar-refractivity contribution in [3.63, 3.8) is 0 Å². The van der Waals surface area contributed by atoms with Crippen molar-refractivity contribution in [2.75, 3.05) is 18.6 Å². The number of hydrogen-bond acceptors (Lipinski definition) is 4. The molecule has 4 nitrogen and oxygen atoms in total. The molecule has 1 unspecified atom stereocenters. The summed E-state index contributed by atoms with van der Waals surface area (Å²) in [5, 5.41) is 1.46. The van der Waals surface area contributed by atoms with Gasteiger partial charge in [0.25, 0.3) is 0 Å². The molecule has 25 heavy (non-hydrogen) atoms. The third kappa shape index (κ3) is 8.73. The minimum absolute atomic E-state index is 0.0316. The van der Waals surface area contributed by atoms with Gasteiger partial charge in [-0.25, -0.2) is 4.79 Å². The second kappa shape index (κ2) is 11.5. The number of alkyl halides is 5. The van der Waals surface area contributed by atoms with Gasteiger partial charge in [0.2, 0.25) is 0 Å². The molecule has 1 atom stereocenters. The lowest BCUT2D eigenvalue weighted by atomic mass is 10.1. The maximum atomic E-state index is 13.0. The molecule has 0 bridgehead atoms. The molecule has 0 aliphatic heterocycles. The lowest BCUT2D eigenvalue weighted by Gasteiger charge is -2.22. The summed E-state index contributed by atoms with van der Waals surface area (Å²) in [4.78, 5) is 23.1. The van der Waals surface area contributed by atoms with Crippen molar-refractivity contribution in [1.29, 1.82) is 0 Å². The van der Waals surface area contributed by atoms with Crippen LogP contribution in [0.5, 0.6) is 0 Å². The fourth-order valence-electron chi connectivity index (χ4n) is 1.84. The van der Waals surface area contributed by atoms with Crippen LogP contribution in [0.2, 0.25) is 0 Å². The number of nitrogens with one attached hydrogen (secondary N) is 1. The van der Waals surface area contributed by atoms with E-state index in [2.05, 4.69) is 0 Å². The van der Waals surface area contributed by atoms with Crippen LogP contribution in [0.1, 0.15) is 45.4 Å². The van der Waals surface area contributed by atoms with E-state index in [1.165, 1.54) is 17.1 Å². The molecule has 0 aromatic carbocycles. The largest absolute Gasteiger partial charge is 0.464 e. The number of carbonyl (C=O) groups excluding carboxylic acids is 2. The van der Waals surface area contributed by atoms with Gasteiger partial charge in [-0.15, -0.1) is 0 Å². The van der Waals surface area contributed by atoms with E-state index in [1.54, 1.807) is 6.26 Å². The number of thioether (sulfide) groups is 1. The fraction of sp³-hybridized carbons (Fsp3) is 0.867. The van der Waals surface area contributed by atoms with Crippen molar-refractivity contribution < 1.29 is 36.3 Å². The first-order chi connectivity index (χ1) is 11.6. The number of amides is 1. The molecule has 1 amide bonds. The van der Waals surface area contributed by atoms with E-state index in [0.29, 0.717) is 6.42 Å². The van der Waals surface area contributed by atoms with Crippen molar-refractivity contribution in [3.05, 3.63) is 0 Å². The quantitative estimate of drug-likeness (QED) is 0.310. The molecule has 10 heteroatoms. The van der Waals surface area contributed by atoms with Gasteiger partial charge < -0.3 is 10.1 Å². The molecule has 0 saturated carbocycles. The third-order valence-corrected chi connectivity index (χ3v) is 3.98. The molecule has 148 valence electrons. The van der Waals surface area contributed by atoms with E-state index in [1.807, 2.05) is 6.92 Å². The molecule has 0 aliphatic carbocycles. The Morgan fingerprint density at radius 1 is 1.08 bits per heavy atom. The molecule has 0 fully saturated rings. The normalized spacial score (nSPS) is 13.4. The van der Waals surface area contributed by atoms with E-state index < -0.39 is 30.0 Å². The Hall–Kier alpha value is -1.06. The Labute approximate surface area is 148 Å². The summed E-state index contributed by atoms with van der Waals surface area (Å²) in [5.74, 6) is -8.83. The van der Waals surface area contributed by atoms with Crippen LogP contribution in [0.3, 0.4) is 0 Å². The standard InChI is InChI=1S/C15H24F5NO3S/c1-3-4-5-6-7-9-24-12(22)11(8-10-25-2)21-13(23)14(16,17)15(18,19)20/h11H,3-10H2,1-2H3,(H,21,23). The number of carbonyl (C=O) groups is 2. The summed E-state index contributed by atoms with van der Waals surface area (Å²) in [6.07, 6.45) is -0.0494. The van der Waals surface area contributed by atoms with Gasteiger partial charge in [-0.3, -0.25) is 4.79 Å². The van der Waals surface area contributed by atoms with Crippen LogP contribution in [0.15, 0.2) is 0 Å². The maximum absolute atomic E-state index is 13.0. The van der Waals surface area contributed by atoms with Gasteiger partial charge in [0.1, 0.15) is 6.04 Å². The minimum atomic E-state index is -6.02. The third-order valence-electron chi connectivity index (χ3n) is 3.33. The van der Waals surface area contributed by atoms with E-state index >= 15 is 0 Å². The van der Waals surface area contributed by atoms with Crippen molar-refractivity contribution in [2.45, 2.75) is 63.6 Å². The molecule has 0 rings (SSSR count). The topological polar surface area (TPSA) is 55.4 Å². The lowest BCUT2D eigenvalue weighted by molar-refractivity contribution is -0.270. The van der Waals surface area contributed by atoms with Crippen molar-refractivity contribution >= 4 is 23.6 Å². The zero-order chi connectivity index (χ0) is 19.5. The van der Waals surface area contributed by atoms with Crippen LogP contribution in [0.25, 0.3) is 0 Å². The van der Waals surface area contributed by atoms with Crippen molar-refractivity contribution in [1.82, 2.24) is 5.32 Å². The van der Waals surface area contributed by atoms with E-state index in [4.69, 9.17) is 4.74 Å². The molecule has 0 heterocycles. The van der Waals surface area contributed by atoms with Gasteiger partial charge >= 0.3 is 24.0 Å². The van der Waals surface area contributed by atoms with Crippen LogP contribution in [-0.2, 0) is 14.3 Å².